The second kappa shape index (κ2) is 4.26. The molecule has 2 atom stereocenters. The standard InChI is InChI=1S/C14H20N4/c1-4-10-7-12(10)16-14-13-8-11(9(2)3)17-18(13)6-5-15-14/h5-6,8-10,12H,4,7H2,1-3H3,(H,15,16). The van der Waals surface area contributed by atoms with E-state index in [1.807, 2.05) is 16.9 Å². The maximum Gasteiger partial charge on any atom is 0.152 e. The summed E-state index contributed by atoms with van der Waals surface area (Å²) >= 11 is 0. The van der Waals surface area contributed by atoms with Gasteiger partial charge in [-0.1, -0.05) is 27.2 Å². The van der Waals surface area contributed by atoms with Gasteiger partial charge in [0.05, 0.1) is 5.69 Å². The van der Waals surface area contributed by atoms with Crippen LogP contribution in [0.15, 0.2) is 18.5 Å². The first kappa shape index (κ1) is 11.5. The van der Waals surface area contributed by atoms with Gasteiger partial charge in [0.1, 0.15) is 5.52 Å². The van der Waals surface area contributed by atoms with Gasteiger partial charge in [-0.25, -0.2) is 9.50 Å². The van der Waals surface area contributed by atoms with Crippen molar-refractivity contribution < 1.29 is 0 Å². The quantitative estimate of drug-likeness (QED) is 0.898. The number of hydrogen-bond acceptors (Lipinski definition) is 3. The van der Waals surface area contributed by atoms with E-state index in [1.165, 1.54) is 12.8 Å². The molecule has 0 aliphatic heterocycles. The summed E-state index contributed by atoms with van der Waals surface area (Å²) in [4.78, 5) is 4.46. The number of aromatic nitrogens is 3. The van der Waals surface area contributed by atoms with Crippen molar-refractivity contribution in [1.29, 1.82) is 0 Å². The molecule has 1 saturated carbocycles. The first-order valence-electron chi connectivity index (χ1n) is 6.80. The molecule has 96 valence electrons. The van der Waals surface area contributed by atoms with Gasteiger partial charge in [-0.15, -0.1) is 0 Å². The molecule has 2 heterocycles. The van der Waals surface area contributed by atoms with Crippen molar-refractivity contribution in [2.24, 2.45) is 5.92 Å². The molecule has 0 radical (unpaired) electrons. The molecule has 1 fully saturated rings. The van der Waals surface area contributed by atoms with Crippen molar-refractivity contribution in [3.8, 4) is 0 Å². The lowest BCUT2D eigenvalue weighted by Gasteiger charge is -2.05. The highest BCUT2D eigenvalue weighted by molar-refractivity contribution is 5.68. The lowest BCUT2D eigenvalue weighted by molar-refractivity contribution is 0.772. The number of hydrogen-bond donors (Lipinski definition) is 1. The van der Waals surface area contributed by atoms with Gasteiger partial charge in [0.15, 0.2) is 5.82 Å². The Morgan fingerprint density at radius 3 is 3.00 bits per heavy atom. The molecule has 18 heavy (non-hydrogen) atoms. The Kier molecular flexibility index (Phi) is 2.73. The Balaban J connectivity index is 1.91. The van der Waals surface area contributed by atoms with Crippen molar-refractivity contribution >= 4 is 11.3 Å². The van der Waals surface area contributed by atoms with Crippen LogP contribution in [0.1, 0.15) is 45.2 Å². The van der Waals surface area contributed by atoms with E-state index in [2.05, 4.69) is 42.2 Å². The molecule has 3 rings (SSSR count). The summed E-state index contributed by atoms with van der Waals surface area (Å²) in [7, 11) is 0. The molecule has 0 saturated heterocycles. The van der Waals surface area contributed by atoms with Crippen molar-refractivity contribution in [2.75, 3.05) is 5.32 Å². The van der Waals surface area contributed by atoms with Gasteiger partial charge >= 0.3 is 0 Å². The fourth-order valence-corrected chi connectivity index (χ4v) is 2.39. The maximum atomic E-state index is 4.58. The molecule has 2 unspecified atom stereocenters. The zero-order chi connectivity index (χ0) is 12.7. The Bertz CT molecular complexity index is 558. The Hall–Kier alpha value is -1.58. The van der Waals surface area contributed by atoms with Gasteiger partial charge in [0.25, 0.3) is 0 Å². The van der Waals surface area contributed by atoms with Crippen LogP contribution in [-0.2, 0) is 0 Å². The van der Waals surface area contributed by atoms with E-state index in [9.17, 15) is 0 Å². The van der Waals surface area contributed by atoms with Gasteiger partial charge in [-0.05, 0) is 24.3 Å². The average molecular weight is 244 g/mol. The van der Waals surface area contributed by atoms with Crippen LogP contribution in [0.2, 0.25) is 0 Å². The zero-order valence-electron chi connectivity index (χ0n) is 11.2. The largest absolute Gasteiger partial charge is 0.365 e. The highest BCUT2D eigenvalue weighted by atomic mass is 15.2. The van der Waals surface area contributed by atoms with E-state index in [4.69, 9.17) is 0 Å². The van der Waals surface area contributed by atoms with Crippen LogP contribution in [0.4, 0.5) is 5.82 Å². The van der Waals surface area contributed by atoms with Crippen LogP contribution < -0.4 is 5.32 Å². The van der Waals surface area contributed by atoms with E-state index < -0.39 is 0 Å². The van der Waals surface area contributed by atoms with Crippen LogP contribution >= 0.6 is 0 Å². The third kappa shape index (κ3) is 1.96. The summed E-state index contributed by atoms with van der Waals surface area (Å²) in [5, 5.41) is 8.12. The van der Waals surface area contributed by atoms with Gasteiger partial charge in [0, 0.05) is 18.4 Å². The molecule has 1 aliphatic carbocycles. The molecule has 0 spiro atoms. The number of fused-ring (bicyclic) bond motifs is 1. The second-order valence-corrected chi connectivity index (χ2v) is 5.48. The molecule has 0 aromatic carbocycles. The highest BCUT2D eigenvalue weighted by Gasteiger charge is 2.35. The minimum atomic E-state index is 0.446. The van der Waals surface area contributed by atoms with E-state index in [0.717, 1.165) is 22.9 Å². The van der Waals surface area contributed by atoms with Gasteiger partial charge in [0.2, 0.25) is 0 Å². The third-order valence-electron chi connectivity index (χ3n) is 3.77. The molecule has 1 aliphatic rings. The first-order valence-corrected chi connectivity index (χ1v) is 6.80. The lowest BCUT2D eigenvalue weighted by Crippen LogP contribution is -2.07. The Morgan fingerprint density at radius 2 is 2.33 bits per heavy atom. The summed E-state index contributed by atoms with van der Waals surface area (Å²) < 4.78 is 1.92. The topological polar surface area (TPSA) is 42.2 Å². The van der Waals surface area contributed by atoms with E-state index in [0.29, 0.717) is 12.0 Å². The van der Waals surface area contributed by atoms with Crippen molar-refractivity contribution in [3.05, 3.63) is 24.2 Å². The Morgan fingerprint density at radius 1 is 1.50 bits per heavy atom. The number of rotatable bonds is 4. The fourth-order valence-electron chi connectivity index (χ4n) is 2.39. The van der Waals surface area contributed by atoms with E-state index in [1.54, 1.807) is 0 Å². The molecular formula is C14H20N4. The zero-order valence-corrected chi connectivity index (χ0v) is 11.2. The SMILES string of the molecule is CCC1CC1Nc1nccn2nc(C(C)C)cc12. The molecule has 0 amide bonds. The van der Waals surface area contributed by atoms with Gasteiger partial charge in [-0.3, -0.25) is 0 Å². The van der Waals surface area contributed by atoms with Crippen molar-refractivity contribution in [1.82, 2.24) is 14.6 Å². The third-order valence-corrected chi connectivity index (χ3v) is 3.77. The summed E-state index contributed by atoms with van der Waals surface area (Å²) in [6.07, 6.45) is 6.24. The average Bonchev–Trinajstić information content (AvgIpc) is 2.94. The molecule has 1 N–H and O–H groups in total. The van der Waals surface area contributed by atoms with Gasteiger partial charge < -0.3 is 5.32 Å². The fraction of sp³-hybridized carbons (Fsp3) is 0.571. The van der Waals surface area contributed by atoms with Crippen LogP contribution in [0.5, 0.6) is 0 Å². The number of nitrogens with one attached hydrogen (secondary N) is 1. The van der Waals surface area contributed by atoms with Gasteiger partial charge in [-0.2, -0.15) is 5.10 Å². The summed E-state index contributed by atoms with van der Waals surface area (Å²) in [6.45, 7) is 6.57. The summed E-state index contributed by atoms with van der Waals surface area (Å²) in [5.41, 5.74) is 2.21. The monoisotopic (exact) mass is 244 g/mol. The second-order valence-electron chi connectivity index (χ2n) is 5.48. The van der Waals surface area contributed by atoms with E-state index in [-0.39, 0.29) is 0 Å². The summed E-state index contributed by atoms with van der Waals surface area (Å²) in [5.74, 6) is 2.24. The van der Waals surface area contributed by atoms with Crippen molar-refractivity contribution in [3.63, 3.8) is 0 Å². The molecule has 2 aromatic rings. The van der Waals surface area contributed by atoms with Crippen LogP contribution in [-0.4, -0.2) is 20.6 Å². The minimum Gasteiger partial charge on any atom is -0.365 e. The van der Waals surface area contributed by atoms with E-state index >= 15 is 0 Å². The normalized spacial score (nSPS) is 22.7. The van der Waals surface area contributed by atoms with Crippen LogP contribution in [0, 0.1) is 5.92 Å². The maximum absolute atomic E-state index is 4.58. The molecular weight excluding hydrogens is 224 g/mol. The smallest absolute Gasteiger partial charge is 0.152 e. The predicted octanol–water partition coefficient (Wildman–Crippen LogP) is 3.06. The predicted molar refractivity (Wildman–Crippen MR) is 72.9 cm³/mol. The Labute approximate surface area is 107 Å². The number of anilines is 1. The highest BCUT2D eigenvalue weighted by Crippen LogP contribution is 2.36. The molecule has 0 bridgehead atoms. The molecule has 4 nitrogen and oxygen atoms in total. The van der Waals surface area contributed by atoms with Crippen LogP contribution in [0.25, 0.3) is 5.52 Å². The minimum absolute atomic E-state index is 0.446. The molecule has 4 heteroatoms. The summed E-state index contributed by atoms with van der Waals surface area (Å²) in [6, 6.07) is 2.75. The van der Waals surface area contributed by atoms with Crippen LogP contribution in [0.3, 0.4) is 0 Å². The van der Waals surface area contributed by atoms with Crippen molar-refractivity contribution in [2.45, 2.75) is 45.6 Å². The lowest BCUT2D eigenvalue weighted by atomic mass is 10.1. The number of nitrogens with zero attached hydrogens (tertiary/aromatic N) is 3. The first-order chi connectivity index (χ1) is 8.69. The molecule has 2 aromatic heterocycles.